The second kappa shape index (κ2) is 9.48. The number of nitrogens with zero attached hydrogens (tertiary/aromatic N) is 2. The smallest absolute Gasteiger partial charge is 0.274 e. The van der Waals surface area contributed by atoms with Crippen molar-refractivity contribution in [3.8, 4) is 11.5 Å². The average molecular weight is 331 g/mol. The molecule has 0 saturated heterocycles. The molecule has 0 N–H and O–H groups in total. The Hall–Kier alpha value is -1.53. The molecule has 0 spiro atoms. The minimum absolute atomic E-state index is 0.107. The molecule has 0 amide bonds. The van der Waals surface area contributed by atoms with Crippen LogP contribution in [0.4, 0.5) is 5.69 Å². The minimum atomic E-state index is -0.501. The van der Waals surface area contributed by atoms with Crippen LogP contribution in [-0.4, -0.2) is 42.7 Å². The monoisotopic (exact) mass is 330 g/mol. The van der Waals surface area contributed by atoms with E-state index in [4.69, 9.17) is 21.1 Å². The fourth-order valence-corrected chi connectivity index (χ4v) is 2.32. The summed E-state index contributed by atoms with van der Waals surface area (Å²) in [5.41, 5.74) is -0.107. The zero-order chi connectivity index (χ0) is 16.5. The van der Waals surface area contributed by atoms with Crippen LogP contribution in [0.25, 0.3) is 0 Å². The van der Waals surface area contributed by atoms with Crippen LogP contribution in [0.1, 0.15) is 27.2 Å². The summed E-state index contributed by atoms with van der Waals surface area (Å²) in [4.78, 5) is 12.7. The fraction of sp³-hybridized carbons (Fsp3) is 0.600. The fourth-order valence-electron chi connectivity index (χ4n) is 2.07. The lowest BCUT2D eigenvalue weighted by molar-refractivity contribution is -0.384. The molecule has 0 bridgehead atoms. The first-order valence-corrected chi connectivity index (χ1v) is 7.87. The van der Waals surface area contributed by atoms with Crippen LogP contribution in [0.15, 0.2) is 12.1 Å². The van der Waals surface area contributed by atoms with Crippen molar-refractivity contribution in [1.29, 1.82) is 0 Å². The SMILES string of the molecule is CCOc1cc([N+](=O)[O-])cc(Cl)c1OCCCN(CC)CC. The van der Waals surface area contributed by atoms with Gasteiger partial charge in [0.1, 0.15) is 0 Å². The number of ether oxygens (including phenoxy) is 2. The quantitative estimate of drug-likeness (QED) is 0.371. The number of halogens is 1. The Kier molecular flexibility index (Phi) is 7.98. The Balaban J connectivity index is 2.74. The summed E-state index contributed by atoms with van der Waals surface area (Å²) in [7, 11) is 0. The molecule has 0 heterocycles. The molecule has 1 aromatic carbocycles. The second-order valence-corrected chi connectivity index (χ2v) is 5.08. The molecule has 0 aliphatic carbocycles. The van der Waals surface area contributed by atoms with Crippen LogP contribution in [0.3, 0.4) is 0 Å². The van der Waals surface area contributed by atoms with Crippen molar-refractivity contribution in [1.82, 2.24) is 4.90 Å². The molecule has 1 aromatic rings. The standard InChI is InChI=1S/C15H23ClN2O4/c1-4-17(5-2)8-7-9-22-15-13(16)10-12(18(19)20)11-14(15)21-6-3/h10-11H,4-9H2,1-3H3. The summed E-state index contributed by atoms with van der Waals surface area (Å²) in [5, 5.41) is 11.1. The molecular weight excluding hydrogens is 308 g/mol. The molecule has 124 valence electrons. The van der Waals surface area contributed by atoms with Crippen molar-refractivity contribution in [2.24, 2.45) is 0 Å². The van der Waals surface area contributed by atoms with Crippen LogP contribution in [0.5, 0.6) is 11.5 Å². The van der Waals surface area contributed by atoms with E-state index in [0.29, 0.717) is 24.7 Å². The average Bonchev–Trinajstić information content (AvgIpc) is 2.49. The third kappa shape index (κ3) is 5.35. The summed E-state index contributed by atoms with van der Waals surface area (Å²) in [6, 6.07) is 2.62. The topological polar surface area (TPSA) is 64.8 Å². The molecule has 0 radical (unpaired) electrons. The Labute approximate surface area is 136 Å². The summed E-state index contributed by atoms with van der Waals surface area (Å²) in [6.07, 6.45) is 0.848. The van der Waals surface area contributed by atoms with Crippen molar-refractivity contribution in [2.75, 3.05) is 32.8 Å². The molecule has 7 heteroatoms. The third-order valence-corrected chi connectivity index (χ3v) is 3.55. The highest BCUT2D eigenvalue weighted by molar-refractivity contribution is 6.32. The lowest BCUT2D eigenvalue weighted by Crippen LogP contribution is -2.25. The van der Waals surface area contributed by atoms with Crippen LogP contribution in [-0.2, 0) is 0 Å². The number of nitro benzene ring substituents is 1. The number of hydrogen-bond donors (Lipinski definition) is 0. The molecule has 0 saturated carbocycles. The van der Waals surface area contributed by atoms with Gasteiger partial charge in [0.2, 0.25) is 0 Å². The van der Waals surface area contributed by atoms with Gasteiger partial charge in [0, 0.05) is 12.6 Å². The largest absolute Gasteiger partial charge is 0.490 e. The van der Waals surface area contributed by atoms with Gasteiger partial charge >= 0.3 is 0 Å². The molecule has 0 unspecified atom stereocenters. The number of benzene rings is 1. The maximum atomic E-state index is 10.9. The number of rotatable bonds is 10. The van der Waals surface area contributed by atoms with E-state index < -0.39 is 4.92 Å². The molecule has 22 heavy (non-hydrogen) atoms. The van der Waals surface area contributed by atoms with Gasteiger partial charge in [-0.25, -0.2) is 0 Å². The van der Waals surface area contributed by atoms with Crippen LogP contribution in [0.2, 0.25) is 5.02 Å². The van der Waals surface area contributed by atoms with Gasteiger partial charge in [0.15, 0.2) is 11.5 Å². The van der Waals surface area contributed by atoms with Crippen molar-refractivity contribution >= 4 is 17.3 Å². The Bertz CT molecular complexity index is 493. The predicted octanol–water partition coefficient (Wildman–Crippen LogP) is 3.76. The normalized spacial score (nSPS) is 10.8. The first-order chi connectivity index (χ1) is 10.5. The lowest BCUT2D eigenvalue weighted by Gasteiger charge is -2.18. The third-order valence-electron chi connectivity index (χ3n) is 3.26. The maximum Gasteiger partial charge on any atom is 0.274 e. The van der Waals surface area contributed by atoms with Crippen molar-refractivity contribution in [3.63, 3.8) is 0 Å². The second-order valence-electron chi connectivity index (χ2n) is 4.67. The minimum Gasteiger partial charge on any atom is -0.490 e. The van der Waals surface area contributed by atoms with Crippen LogP contribution >= 0.6 is 11.6 Å². The highest BCUT2D eigenvalue weighted by Crippen LogP contribution is 2.39. The van der Waals surface area contributed by atoms with Gasteiger partial charge in [-0.15, -0.1) is 0 Å². The van der Waals surface area contributed by atoms with Gasteiger partial charge < -0.3 is 14.4 Å². The van der Waals surface area contributed by atoms with Gasteiger partial charge in [0.25, 0.3) is 5.69 Å². The van der Waals surface area contributed by atoms with E-state index in [1.165, 1.54) is 12.1 Å². The lowest BCUT2D eigenvalue weighted by atomic mass is 10.2. The summed E-state index contributed by atoms with van der Waals surface area (Å²) in [6.45, 7) is 9.83. The zero-order valence-corrected chi connectivity index (χ0v) is 14.1. The number of non-ortho nitro benzene ring substituents is 1. The molecule has 0 aliphatic heterocycles. The van der Waals surface area contributed by atoms with E-state index in [2.05, 4.69) is 18.7 Å². The van der Waals surface area contributed by atoms with E-state index in [-0.39, 0.29) is 10.7 Å². The Morgan fingerprint density at radius 2 is 1.91 bits per heavy atom. The molecule has 0 aliphatic rings. The maximum absolute atomic E-state index is 10.9. The van der Waals surface area contributed by atoms with Gasteiger partial charge in [0.05, 0.1) is 29.2 Å². The zero-order valence-electron chi connectivity index (χ0n) is 13.3. The van der Waals surface area contributed by atoms with Crippen molar-refractivity contribution in [2.45, 2.75) is 27.2 Å². The first kappa shape index (κ1) is 18.5. The molecule has 6 nitrogen and oxygen atoms in total. The number of nitro groups is 1. The Morgan fingerprint density at radius 3 is 2.45 bits per heavy atom. The molecular formula is C15H23ClN2O4. The molecule has 0 fully saturated rings. The van der Waals surface area contributed by atoms with Crippen molar-refractivity contribution in [3.05, 3.63) is 27.3 Å². The summed E-state index contributed by atoms with van der Waals surface area (Å²) in [5.74, 6) is 0.679. The highest BCUT2D eigenvalue weighted by Gasteiger charge is 2.18. The molecule has 0 atom stereocenters. The summed E-state index contributed by atoms with van der Waals surface area (Å²) >= 11 is 6.09. The van der Waals surface area contributed by atoms with E-state index >= 15 is 0 Å². The van der Waals surface area contributed by atoms with E-state index in [1.807, 2.05) is 0 Å². The first-order valence-electron chi connectivity index (χ1n) is 7.49. The van der Waals surface area contributed by atoms with Crippen molar-refractivity contribution < 1.29 is 14.4 Å². The Morgan fingerprint density at radius 1 is 1.23 bits per heavy atom. The van der Waals surface area contributed by atoms with Gasteiger partial charge in [-0.05, 0) is 26.4 Å². The van der Waals surface area contributed by atoms with Gasteiger partial charge in [-0.1, -0.05) is 25.4 Å². The van der Waals surface area contributed by atoms with Gasteiger partial charge in [-0.3, -0.25) is 10.1 Å². The van der Waals surface area contributed by atoms with E-state index in [0.717, 1.165) is 26.1 Å². The number of hydrogen-bond acceptors (Lipinski definition) is 5. The van der Waals surface area contributed by atoms with E-state index in [9.17, 15) is 10.1 Å². The molecule has 1 rings (SSSR count). The van der Waals surface area contributed by atoms with Crippen LogP contribution < -0.4 is 9.47 Å². The summed E-state index contributed by atoms with van der Waals surface area (Å²) < 4.78 is 11.1. The van der Waals surface area contributed by atoms with Gasteiger partial charge in [-0.2, -0.15) is 0 Å². The predicted molar refractivity (Wildman–Crippen MR) is 87.2 cm³/mol. The highest BCUT2D eigenvalue weighted by atomic mass is 35.5. The van der Waals surface area contributed by atoms with E-state index in [1.54, 1.807) is 6.92 Å². The molecule has 0 aromatic heterocycles. The van der Waals surface area contributed by atoms with Crippen LogP contribution in [0, 0.1) is 10.1 Å².